The van der Waals surface area contributed by atoms with Crippen molar-refractivity contribution < 1.29 is 4.39 Å². The average Bonchev–Trinajstić information content (AvgIpc) is 2.33. The standard InChI is InChI=1S/C13H13FSi/c14-11-15(12-7-3-1-4-8-12)13-9-5-2-6-10-13/h1-10,15H,11H2. The normalized spacial score (nSPS) is 10.5. The van der Waals surface area contributed by atoms with Gasteiger partial charge in [0.1, 0.15) is 8.80 Å². The first-order valence-electron chi connectivity index (χ1n) is 5.07. The highest BCUT2D eigenvalue weighted by molar-refractivity contribution is 6.85. The Bertz CT molecular complexity index is 360. The molecule has 0 spiro atoms. The minimum atomic E-state index is -1.60. The summed E-state index contributed by atoms with van der Waals surface area (Å²) in [4.78, 5) is 0. The SMILES string of the molecule is FC[SiH](c1ccccc1)c1ccccc1. The summed E-state index contributed by atoms with van der Waals surface area (Å²) in [6.07, 6.45) is -0.214. The van der Waals surface area contributed by atoms with Crippen molar-refractivity contribution in [3.63, 3.8) is 0 Å². The molecule has 0 aliphatic heterocycles. The maximum atomic E-state index is 13.1. The van der Waals surface area contributed by atoms with Gasteiger partial charge in [0.15, 0.2) is 0 Å². The first kappa shape index (κ1) is 10.1. The number of benzene rings is 2. The van der Waals surface area contributed by atoms with Crippen LogP contribution in [0.4, 0.5) is 4.39 Å². The van der Waals surface area contributed by atoms with Crippen molar-refractivity contribution in [2.45, 2.75) is 0 Å². The molecular weight excluding hydrogens is 203 g/mol. The minimum absolute atomic E-state index is 0.214. The molecular formula is C13H13FSi. The largest absolute Gasteiger partial charge is 0.254 e. The quantitative estimate of drug-likeness (QED) is 0.683. The van der Waals surface area contributed by atoms with Crippen LogP contribution >= 0.6 is 0 Å². The number of hydrogen-bond donors (Lipinski definition) is 0. The van der Waals surface area contributed by atoms with Gasteiger partial charge in [-0.25, -0.2) is 0 Å². The van der Waals surface area contributed by atoms with Gasteiger partial charge in [0.2, 0.25) is 0 Å². The number of alkyl halides is 1. The summed E-state index contributed by atoms with van der Waals surface area (Å²) in [7, 11) is -1.60. The van der Waals surface area contributed by atoms with Gasteiger partial charge in [-0.1, -0.05) is 71.0 Å². The van der Waals surface area contributed by atoms with Crippen LogP contribution in [0.2, 0.25) is 0 Å². The Hall–Kier alpha value is -1.41. The molecule has 0 unspecified atom stereocenters. The van der Waals surface area contributed by atoms with Gasteiger partial charge in [-0.2, -0.15) is 0 Å². The second-order valence-electron chi connectivity index (χ2n) is 3.53. The molecule has 0 saturated heterocycles. The summed E-state index contributed by atoms with van der Waals surface area (Å²) >= 11 is 0. The van der Waals surface area contributed by atoms with Crippen molar-refractivity contribution in [3.05, 3.63) is 60.7 Å². The first-order chi connectivity index (χ1) is 7.42. The molecule has 0 amide bonds. The van der Waals surface area contributed by atoms with Gasteiger partial charge in [-0.15, -0.1) is 0 Å². The van der Waals surface area contributed by atoms with Crippen LogP contribution < -0.4 is 10.4 Å². The third-order valence-corrected chi connectivity index (χ3v) is 5.25. The highest BCUT2D eigenvalue weighted by Crippen LogP contribution is 1.93. The second-order valence-corrected chi connectivity index (χ2v) is 6.28. The fourth-order valence-corrected chi connectivity index (χ4v) is 3.86. The molecule has 2 heteroatoms. The topological polar surface area (TPSA) is 0 Å². The Labute approximate surface area is 91.0 Å². The monoisotopic (exact) mass is 216 g/mol. The summed E-state index contributed by atoms with van der Waals surface area (Å²) in [6.45, 7) is 0. The Morgan fingerprint density at radius 2 is 1.13 bits per heavy atom. The van der Waals surface area contributed by atoms with Crippen LogP contribution in [0, 0.1) is 0 Å². The second kappa shape index (κ2) is 4.89. The van der Waals surface area contributed by atoms with Crippen molar-refractivity contribution in [1.82, 2.24) is 0 Å². The van der Waals surface area contributed by atoms with Crippen molar-refractivity contribution in [3.8, 4) is 0 Å². The highest BCUT2D eigenvalue weighted by Gasteiger charge is 2.14. The minimum Gasteiger partial charge on any atom is -0.254 e. The lowest BCUT2D eigenvalue weighted by Crippen LogP contribution is -2.44. The van der Waals surface area contributed by atoms with E-state index < -0.39 is 8.80 Å². The molecule has 0 aromatic heterocycles. The predicted octanol–water partition coefficient (Wildman–Crippen LogP) is 1.54. The van der Waals surface area contributed by atoms with E-state index in [1.54, 1.807) is 0 Å². The zero-order chi connectivity index (χ0) is 10.5. The zero-order valence-corrected chi connectivity index (χ0v) is 9.59. The van der Waals surface area contributed by atoms with Crippen LogP contribution in [0.25, 0.3) is 0 Å². The molecule has 0 N–H and O–H groups in total. The van der Waals surface area contributed by atoms with Gasteiger partial charge in [0, 0.05) is 0 Å². The van der Waals surface area contributed by atoms with Crippen molar-refractivity contribution >= 4 is 19.2 Å². The maximum absolute atomic E-state index is 13.1. The summed E-state index contributed by atoms with van der Waals surface area (Å²) in [5.41, 5.74) is 0. The summed E-state index contributed by atoms with van der Waals surface area (Å²) in [5, 5.41) is 2.34. The molecule has 0 radical (unpaired) electrons. The van der Waals surface area contributed by atoms with Crippen LogP contribution in [-0.2, 0) is 0 Å². The summed E-state index contributed by atoms with van der Waals surface area (Å²) in [5.74, 6) is 0. The van der Waals surface area contributed by atoms with Gasteiger partial charge in [-0.3, -0.25) is 4.39 Å². The third kappa shape index (κ3) is 2.33. The molecule has 2 aromatic carbocycles. The fraction of sp³-hybridized carbons (Fsp3) is 0.0769. The Kier molecular flexibility index (Phi) is 3.30. The van der Waals surface area contributed by atoms with Gasteiger partial charge >= 0.3 is 0 Å². The molecule has 2 rings (SSSR count). The lowest BCUT2D eigenvalue weighted by atomic mass is 10.4. The molecule has 0 fully saturated rings. The third-order valence-electron chi connectivity index (χ3n) is 2.56. The van der Waals surface area contributed by atoms with Crippen LogP contribution in [0.15, 0.2) is 60.7 Å². The van der Waals surface area contributed by atoms with E-state index in [4.69, 9.17) is 0 Å². The molecule has 2 aromatic rings. The smallest absolute Gasteiger partial charge is 0.137 e. The number of hydrogen-bond acceptors (Lipinski definition) is 0. The van der Waals surface area contributed by atoms with Crippen molar-refractivity contribution in [2.75, 3.05) is 6.30 Å². The van der Waals surface area contributed by atoms with E-state index in [2.05, 4.69) is 0 Å². The molecule has 0 heterocycles. The summed E-state index contributed by atoms with van der Waals surface area (Å²) in [6, 6.07) is 20.0. The Morgan fingerprint density at radius 3 is 1.47 bits per heavy atom. The van der Waals surface area contributed by atoms with Crippen LogP contribution in [0.3, 0.4) is 0 Å². The Morgan fingerprint density at radius 1 is 0.733 bits per heavy atom. The average molecular weight is 216 g/mol. The molecule has 0 saturated carbocycles. The Balaban J connectivity index is 2.34. The molecule has 76 valence electrons. The molecule has 0 bridgehead atoms. The highest BCUT2D eigenvalue weighted by atomic mass is 28.3. The van der Waals surface area contributed by atoms with Crippen molar-refractivity contribution in [1.29, 1.82) is 0 Å². The predicted molar refractivity (Wildman–Crippen MR) is 65.3 cm³/mol. The molecule has 15 heavy (non-hydrogen) atoms. The molecule has 0 atom stereocenters. The van der Waals surface area contributed by atoms with Crippen LogP contribution in [0.1, 0.15) is 0 Å². The van der Waals surface area contributed by atoms with Gasteiger partial charge in [-0.05, 0) is 0 Å². The molecule has 0 aliphatic carbocycles. The van der Waals surface area contributed by atoms with E-state index >= 15 is 0 Å². The van der Waals surface area contributed by atoms with Crippen molar-refractivity contribution in [2.24, 2.45) is 0 Å². The van der Waals surface area contributed by atoms with Crippen LogP contribution in [0.5, 0.6) is 0 Å². The van der Waals surface area contributed by atoms with E-state index in [-0.39, 0.29) is 6.30 Å². The lowest BCUT2D eigenvalue weighted by molar-refractivity contribution is 0.592. The van der Waals surface area contributed by atoms with E-state index in [0.717, 1.165) is 0 Å². The number of rotatable bonds is 3. The fourth-order valence-electron chi connectivity index (χ4n) is 1.74. The number of halogens is 1. The van der Waals surface area contributed by atoms with E-state index in [0.29, 0.717) is 0 Å². The van der Waals surface area contributed by atoms with Gasteiger partial charge in [0.25, 0.3) is 0 Å². The van der Waals surface area contributed by atoms with Gasteiger partial charge in [0.05, 0.1) is 6.30 Å². The molecule has 0 nitrogen and oxygen atoms in total. The van der Waals surface area contributed by atoms with E-state index in [9.17, 15) is 4.39 Å². The van der Waals surface area contributed by atoms with E-state index in [1.807, 2.05) is 60.7 Å². The van der Waals surface area contributed by atoms with E-state index in [1.165, 1.54) is 10.4 Å². The lowest BCUT2D eigenvalue weighted by Gasteiger charge is -2.11. The first-order valence-corrected chi connectivity index (χ1v) is 7.05. The molecule has 0 aliphatic rings. The zero-order valence-electron chi connectivity index (χ0n) is 8.44. The maximum Gasteiger partial charge on any atom is 0.137 e. The summed E-state index contributed by atoms with van der Waals surface area (Å²) < 4.78 is 13.1. The van der Waals surface area contributed by atoms with Gasteiger partial charge < -0.3 is 0 Å². The van der Waals surface area contributed by atoms with Crippen LogP contribution in [-0.4, -0.2) is 15.1 Å².